The molecular weight excluding hydrogens is 368 g/mol. The highest BCUT2D eigenvalue weighted by molar-refractivity contribution is 5.84. The lowest BCUT2D eigenvalue weighted by Crippen LogP contribution is -2.27. The van der Waals surface area contributed by atoms with Gasteiger partial charge in [-0.05, 0) is 30.1 Å². The summed E-state index contributed by atoms with van der Waals surface area (Å²) in [6, 6.07) is 0. The molecule has 2 nitrogen and oxygen atoms in total. The van der Waals surface area contributed by atoms with Crippen molar-refractivity contribution >= 4 is 11.6 Å². The molecule has 0 aromatic heterocycles. The third kappa shape index (κ3) is 26.8. The van der Waals surface area contributed by atoms with Crippen LogP contribution >= 0.6 is 0 Å². The first kappa shape index (κ1) is 39.3. The third-order valence-electron chi connectivity index (χ3n) is 3.95. The molecular formula is C28H58O2. The molecule has 0 aromatic carbocycles. The van der Waals surface area contributed by atoms with Crippen molar-refractivity contribution in [1.29, 1.82) is 0 Å². The number of rotatable bonds is 9. The fraction of sp³-hybridized carbons (Fsp3) is 0.786. The molecule has 0 aliphatic carbocycles. The second-order valence-electron chi connectivity index (χ2n) is 10.5. The smallest absolute Gasteiger partial charge is 0.139 e. The highest BCUT2D eigenvalue weighted by Gasteiger charge is 2.29. The maximum atomic E-state index is 12.0. The van der Waals surface area contributed by atoms with E-state index in [1.807, 2.05) is 26.0 Å². The Hall–Kier alpha value is -1.18. The Balaban J connectivity index is -0.000000129. The van der Waals surface area contributed by atoms with Crippen molar-refractivity contribution in [1.82, 2.24) is 0 Å². The number of hydrogen-bond donors (Lipinski definition) is 0. The lowest BCUT2D eigenvalue weighted by Gasteiger charge is -2.26. The summed E-state index contributed by atoms with van der Waals surface area (Å²) in [6.45, 7) is 20.9. The molecule has 2 heteroatoms. The molecule has 0 aliphatic heterocycles. The van der Waals surface area contributed by atoms with Crippen molar-refractivity contribution in [3.8, 4) is 0 Å². The van der Waals surface area contributed by atoms with Crippen molar-refractivity contribution in [2.75, 3.05) is 0 Å². The predicted octanol–water partition coefficient (Wildman–Crippen LogP) is 9.63. The van der Waals surface area contributed by atoms with E-state index in [4.69, 9.17) is 0 Å². The fourth-order valence-electron chi connectivity index (χ4n) is 2.42. The van der Waals surface area contributed by atoms with Crippen molar-refractivity contribution in [3.63, 3.8) is 0 Å². The van der Waals surface area contributed by atoms with Crippen LogP contribution in [0.4, 0.5) is 0 Å². The Kier molecular flexibility index (Phi) is 24.3. The molecule has 182 valence electrons. The van der Waals surface area contributed by atoms with Gasteiger partial charge in [-0.3, -0.25) is 9.59 Å². The van der Waals surface area contributed by atoms with Crippen LogP contribution in [0.3, 0.4) is 0 Å². The summed E-state index contributed by atoms with van der Waals surface area (Å²) in [6.07, 6.45) is 13.1. The number of hydrogen-bond acceptors (Lipinski definition) is 2. The lowest BCUT2D eigenvalue weighted by atomic mass is 9.77. The maximum absolute atomic E-state index is 12.0. The van der Waals surface area contributed by atoms with Gasteiger partial charge in [0.2, 0.25) is 0 Å². The molecule has 0 spiro atoms. The first-order chi connectivity index (χ1) is 12.1. The van der Waals surface area contributed by atoms with Crippen LogP contribution in [0.1, 0.15) is 130 Å². The molecule has 0 saturated carbocycles. The van der Waals surface area contributed by atoms with Gasteiger partial charge in [0.05, 0.1) is 0 Å². The minimum atomic E-state index is -0.209. The monoisotopic (exact) mass is 426 g/mol. The van der Waals surface area contributed by atoms with Gasteiger partial charge in [0.25, 0.3) is 0 Å². The number of ketones is 2. The Labute approximate surface area is 192 Å². The molecule has 0 saturated heterocycles. The molecule has 0 amide bonds. The van der Waals surface area contributed by atoms with Gasteiger partial charge >= 0.3 is 0 Å². The molecule has 30 heavy (non-hydrogen) atoms. The highest BCUT2D eigenvalue weighted by Crippen LogP contribution is 2.30. The summed E-state index contributed by atoms with van der Waals surface area (Å²) >= 11 is 0. The number of carbonyl (C=O) groups excluding carboxylic acids is 2. The van der Waals surface area contributed by atoms with Crippen LogP contribution in [0.2, 0.25) is 0 Å². The van der Waals surface area contributed by atoms with Crippen molar-refractivity contribution in [2.24, 2.45) is 16.2 Å². The molecule has 0 rings (SSSR count). The van der Waals surface area contributed by atoms with Gasteiger partial charge in [0, 0.05) is 24.7 Å². The van der Waals surface area contributed by atoms with Gasteiger partial charge in [0.1, 0.15) is 11.6 Å². The van der Waals surface area contributed by atoms with Crippen LogP contribution in [0, 0.1) is 16.2 Å². The second kappa shape index (κ2) is 18.6. The summed E-state index contributed by atoms with van der Waals surface area (Å²) in [5, 5.41) is 0. The van der Waals surface area contributed by atoms with Gasteiger partial charge in [0.15, 0.2) is 0 Å². The molecule has 0 radical (unpaired) electrons. The number of Topliss-reactive ketones (excluding diaryl/α,β-unsaturated/α-hetero) is 2. The molecule has 0 bridgehead atoms. The topological polar surface area (TPSA) is 34.1 Å². The van der Waals surface area contributed by atoms with Gasteiger partial charge < -0.3 is 0 Å². The molecule has 0 atom stereocenters. The summed E-state index contributed by atoms with van der Waals surface area (Å²) in [5.41, 5.74) is 0.0267. The lowest BCUT2D eigenvalue weighted by molar-refractivity contribution is -0.128. The van der Waals surface area contributed by atoms with Gasteiger partial charge in [-0.25, -0.2) is 0 Å². The zero-order valence-corrected chi connectivity index (χ0v) is 19.9. The second-order valence-corrected chi connectivity index (χ2v) is 10.5. The van der Waals surface area contributed by atoms with Crippen LogP contribution in [0.15, 0.2) is 24.3 Å². The summed E-state index contributed by atoms with van der Waals surface area (Å²) in [5.74, 6) is 0.711. The predicted molar refractivity (Wildman–Crippen MR) is 140 cm³/mol. The summed E-state index contributed by atoms with van der Waals surface area (Å²) in [7, 11) is 0. The van der Waals surface area contributed by atoms with Gasteiger partial charge in [-0.2, -0.15) is 0 Å². The minimum absolute atomic E-state index is 0. The van der Waals surface area contributed by atoms with E-state index in [2.05, 4.69) is 67.5 Å². The number of allylic oxidation sites excluding steroid dienone is 4. The standard InChI is InChI=1S/C14H26O.C11H20O.3CH4/c1-7-8-9-10-14(5,6)12(15)11-13(2,3)4;1-5-6-7-8-10(12)9-11(2,3)4;;;/h8-9H,7,10-11H2,1-6H3;6-7H,5,8-9H2,1-4H3;3*1H4/b9-8-;7-6-;;;. The van der Waals surface area contributed by atoms with Crippen molar-refractivity contribution < 1.29 is 9.59 Å². The first-order valence-corrected chi connectivity index (χ1v) is 10.5. The highest BCUT2D eigenvalue weighted by atomic mass is 16.1. The molecule has 0 aromatic rings. The normalized spacial score (nSPS) is 11.7. The van der Waals surface area contributed by atoms with Gasteiger partial charge in [-0.15, -0.1) is 0 Å². The maximum Gasteiger partial charge on any atom is 0.139 e. The average molecular weight is 427 g/mol. The van der Waals surface area contributed by atoms with E-state index in [0.717, 1.165) is 19.3 Å². The average Bonchev–Trinajstić information content (AvgIpc) is 2.44. The fourth-order valence-corrected chi connectivity index (χ4v) is 2.42. The van der Waals surface area contributed by atoms with E-state index >= 15 is 0 Å². The largest absolute Gasteiger partial charge is 0.299 e. The quantitative estimate of drug-likeness (QED) is 0.344. The van der Waals surface area contributed by atoms with Crippen molar-refractivity contribution in [3.05, 3.63) is 24.3 Å². The number of carbonyl (C=O) groups is 2. The van der Waals surface area contributed by atoms with E-state index in [0.29, 0.717) is 30.8 Å². The zero-order chi connectivity index (χ0) is 21.7. The summed E-state index contributed by atoms with van der Waals surface area (Å²) < 4.78 is 0. The van der Waals surface area contributed by atoms with Gasteiger partial charge in [-0.1, -0.05) is 116 Å². The molecule has 0 N–H and O–H groups in total. The first-order valence-electron chi connectivity index (χ1n) is 10.5. The van der Waals surface area contributed by atoms with E-state index in [9.17, 15) is 9.59 Å². The van der Waals surface area contributed by atoms with Crippen molar-refractivity contribution in [2.45, 2.75) is 130 Å². The van der Waals surface area contributed by atoms with E-state index < -0.39 is 0 Å². The van der Waals surface area contributed by atoms with E-state index in [-0.39, 0.29) is 38.5 Å². The Morgan fingerprint density at radius 1 is 0.633 bits per heavy atom. The van der Waals surface area contributed by atoms with E-state index in [1.54, 1.807) is 0 Å². The molecule has 0 aliphatic rings. The SMILES string of the molecule is C.C.C.CC/C=C\CC(=O)CC(C)(C)C.CC/C=C\CC(C)(C)C(=O)CC(C)(C)C. The van der Waals surface area contributed by atoms with Crippen LogP contribution in [-0.2, 0) is 9.59 Å². The van der Waals surface area contributed by atoms with Crippen LogP contribution in [0.25, 0.3) is 0 Å². The Morgan fingerprint density at radius 2 is 1.03 bits per heavy atom. The molecule has 0 heterocycles. The van der Waals surface area contributed by atoms with Crippen LogP contribution in [0.5, 0.6) is 0 Å². The van der Waals surface area contributed by atoms with Crippen LogP contribution in [-0.4, -0.2) is 11.6 Å². The molecule has 0 unspecified atom stereocenters. The van der Waals surface area contributed by atoms with Crippen LogP contribution < -0.4 is 0 Å². The molecule has 0 fully saturated rings. The zero-order valence-electron chi connectivity index (χ0n) is 19.9. The minimum Gasteiger partial charge on any atom is -0.299 e. The summed E-state index contributed by atoms with van der Waals surface area (Å²) in [4.78, 5) is 23.3. The van der Waals surface area contributed by atoms with E-state index in [1.165, 1.54) is 0 Å². The Morgan fingerprint density at radius 3 is 1.40 bits per heavy atom. The Bertz CT molecular complexity index is 480. The third-order valence-corrected chi connectivity index (χ3v) is 3.95.